The highest BCUT2D eigenvalue weighted by Crippen LogP contribution is 2.19. The van der Waals surface area contributed by atoms with Gasteiger partial charge in [0.15, 0.2) is 0 Å². The molecular weight excluding hydrogens is 280 g/mol. The summed E-state index contributed by atoms with van der Waals surface area (Å²) in [6.07, 6.45) is 1.36. The van der Waals surface area contributed by atoms with Crippen molar-refractivity contribution in [3.05, 3.63) is 58.4 Å². The van der Waals surface area contributed by atoms with Gasteiger partial charge >= 0.3 is 5.97 Å². The fourth-order valence-corrected chi connectivity index (χ4v) is 1.82. The van der Waals surface area contributed by atoms with E-state index in [1.165, 1.54) is 18.3 Å². The molecule has 0 bridgehead atoms. The zero-order valence-electron chi connectivity index (χ0n) is 10.6. The number of amides is 1. The van der Waals surface area contributed by atoms with E-state index in [-0.39, 0.29) is 11.5 Å². The topological polar surface area (TPSA) is 79.3 Å². The van der Waals surface area contributed by atoms with Gasteiger partial charge in [-0.1, -0.05) is 17.7 Å². The Morgan fingerprint density at radius 3 is 2.60 bits per heavy atom. The molecule has 0 fully saturated rings. The predicted molar refractivity (Wildman–Crippen MR) is 75.3 cm³/mol. The fraction of sp³-hybridized carbons (Fsp3) is 0.0714. The van der Waals surface area contributed by atoms with Crippen LogP contribution in [0.3, 0.4) is 0 Å². The maximum atomic E-state index is 12.0. The van der Waals surface area contributed by atoms with Crippen molar-refractivity contribution in [3.63, 3.8) is 0 Å². The predicted octanol–water partition coefficient (Wildman–Crippen LogP) is 2.99. The third kappa shape index (κ3) is 2.95. The molecule has 2 rings (SSSR count). The zero-order chi connectivity index (χ0) is 14.7. The van der Waals surface area contributed by atoms with E-state index < -0.39 is 5.97 Å². The van der Waals surface area contributed by atoms with Crippen molar-refractivity contribution < 1.29 is 14.7 Å². The molecule has 0 saturated heterocycles. The number of anilines is 1. The number of hydrogen-bond donors (Lipinski definition) is 2. The van der Waals surface area contributed by atoms with Gasteiger partial charge in [0, 0.05) is 11.9 Å². The smallest absolute Gasteiger partial charge is 0.336 e. The van der Waals surface area contributed by atoms with E-state index in [0.29, 0.717) is 22.0 Å². The van der Waals surface area contributed by atoms with Gasteiger partial charge in [0.05, 0.1) is 11.1 Å². The largest absolute Gasteiger partial charge is 0.478 e. The monoisotopic (exact) mass is 290 g/mol. The van der Waals surface area contributed by atoms with E-state index in [2.05, 4.69) is 10.3 Å². The Hall–Kier alpha value is -2.40. The Balaban J connectivity index is 2.26. The second-order valence-electron chi connectivity index (χ2n) is 4.11. The molecule has 2 N–H and O–H groups in total. The van der Waals surface area contributed by atoms with Crippen molar-refractivity contribution in [1.29, 1.82) is 0 Å². The molecule has 0 unspecified atom stereocenters. The van der Waals surface area contributed by atoms with Gasteiger partial charge in [0.2, 0.25) is 0 Å². The molecule has 0 saturated carbocycles. The van der Waals surface area contributed by atoms with Gasteiger partial charge in [-0.2, -0.15) is 0 Å². The van der Waals surface area contributed by atoms with Crippen molar-refractivity contribution in [2.75, 3.05) is 5.32 Å². The Morgan fingerprint density at radius 2 is 2.00 bits per heavy atom. The molecule has 1 aromatic heterocycles. The lowest BCUT2D eigenvalue weighted by atomic mass is 10.1. The molecule has 0 aliphatic rings. The van der Waals surface area contributed by atoms with E-state index >= 15 is 0 Å². The second-order valence-corrected chi connectivity index (χ2v) is 4.49. The molecule has 6 heteroatoms. The Labute approximate surface area is 120 Å². The summed E-state index contributed by atoms with van der Waals surface area (Å²) in [5.74, 6) is -1.41. The number of carbonyl (C=O) groups is 2. The van der Waals surface area contributed by atoms with Crippen molar-refractivity contribution in [2.24, 2.45) is 0 Å². The number of carbonyl (C=O) groups excluding carboxylic acids is 1. The molecule has 0 spiro atoms. The van der Waals surface area contributed by atoms with Gasteiger partial charge in [-0.05, 0) is 36.8 Å². The molecule has 102 valence electrons. The van der Waals surface area contributed by atoms with Crippen LogP contribution in [0.25, 0.3) is 0 Å². The van der Waals surface area contributed by atoms with Crippen LogP contribution in [-0.4, -0.2) is 22.0 Å². The highest BCUT2D eigenvalue weighted by molar-refractivity contribution is 6.29. The van der Waals surface area contributed by atoms with Crippen LogP contribution >= 0.6 is 11.6 Å². The van der Waals surface area contributed by atoms with Gasteiger partial charge in [-0.25, -0.2) is 9.78 Å². The van der Waals surface area contributed by atoms with Gasteiger partial charge in [0.1, 0.15) is 5.15 Å². The van der Waals surface area contributed by atoms with E-state index in [4.69, 9.17) is 16.7 Å². The number of pyridine rings is 1. The third-order valence-corrected chi connectivity index (χ3v) is 3.03. The van der Waals surface area contributed by atoms with Gasteiger partial charge in [-0.3, -0.25) is 4.79 Å². The summed E-state index contributed by atoms with van der Waals surface area (Å²) in [5, 5.41) is 12.0. The van der Waals surface area contributed by atoms with Crippen LogP contribution in [0, 0.1) is 6.92 Å². The summed E-state index contributed by atoms with van der Waals surface area (Å²) >= 11 is 5.65. The van der Waals surface area contributed by atoms with E-state index in [1.54, 1.807) is 25.1 Å². The van der Waals surface area contributed by atoms with Crippen molar-refractivity contribution in [1.82, 2.24) is 4.98 Å². The number of aromatic nitrogens is 1. The van der Waals surface area contributed by atoms with E-state index in [9.17, 15) is 9.59 Å². The van der Waals surface area contributed by atoms with Crippen LogP contribution in [0.5, 0.6) is 0 Å². The molecule has 0 atom stereocenters. The maximum Gasteiger partial charge on any atom is 0.336 e. The first kappa shape index (κ1) is 14.0. The van der Waals surface area contributed by atoms with Crippen LogP contribution in [0.15, 0.2) is 36.5 Å². The molecule has 20 heavy (non-hydrogen) atoms. The van der Waals surface area contributed by atoms with Crippen LogP contribution < -0.4 is 5.32 Å². The first-order valence-corrected chi connectivity index (χ1v) is 6.12. The summed E-state index contributed by atoms with van der Waals surface area (Å²) in [6.45, 7) is 1.64. The lowest BCUT2D eigenvalue weighted by molar-refractivity contribution is 0.0695. The van der Waals surface area contributed by atoms with Crippen molar-refractivity contribution in [3.8, 4) is 0 Å². The number of hydrogen-bond acceptors (Lipinski definition) is 3. The van der Waals surface area contributed by atoms with Crippen molar-refractivity contribution >= 4 is 29.2 Å². The van der Waals surface area contributed by atoms with Crippen LogP contribution in [-0.2, 0) is 0 Å². The lowest BCUT2D eigenvalue weighted by Gasteiger charge is -2.10. The Morgan fingerprint density at radius 1 is 1.25 bits per heavy atom. The van der Waals surface area contributed by atoms with E-state index in [1.807, 2.05) is 0 Å². The summed E-state index contributed by atoms with van der Waals surface area (Å²) in [4.78, 5) is 26.9. The number of rotatable bonds is 3. The number of carboxylic acids is 1. The molecule has 5 nitrogen and oxygen atoms in total. The van der Waals surface area contributed by atoms with Crippen LogP contribution in [0.1, 0.15) is 26.3 Å². The van der Waals surface area contributed by atoms with Gasteiger partial charge in [-0.15, -0.1) is 0 Å². The van der Waals surface area contributed by atoms with E-state index in [0.717, 1.165) is 0 Å². The van der Waals surface area contributed by atoms with Crippen LogP contribution in [0.2, 0.25) is 5.15 Å². The molecule has 1 amide bonds. The molecule has 1 heterocycles. The molecule has 0 aliphatic heterocycles. The Bertz CT molecular complexity index is 669. The maximum absolute atomic E-state index is 12.0. The third-order valence-electron chi connectivity index (χ3n) is 2.80. The fourth-order valence-electron chi connectivity index (χ4n) is 1.71. The minimum Gasteiger partial charge on any atom is -0.478 e. The second kappa shape index (κ2) is 5.71. The molecule has 1 aromatic carbocycles. The highest BCUT2D eigenvalue weighted by atomic mass is 35.5. The number of nitrogens with zero attached hydrogens (tertiary/aromatic N) is 1. The Kier molecular flexibility index (Phi) is 4.00. The first-order chi connectivity index (χ1) is 9.49. The minimum absolute atomic E-state index is 0.150. The number of benzene rings is 1. The standard InChI is InChI=1S/C14H11ClN2O3/c1-8-10(14(19)20)3-2-4-11(8)17-13(18)9-5-6-12(15)16-7-9/h2-7H,1H3,(H,17,18)(H,19,20). The van der Waals surface area contributed by atoms with Gasteiger partial charge < -0.3 is 10.4 Å². The first-order valence-electron chi connectivity index (χ1n) is 5.75. The minimum atomic E-state index is -1.04. The highest BCUT2D eigenvalue weighted by Gasteiger charge is 2.13. The summed E-state index contributed by atoms with van der Waals surface area (Å²) in [6, 6.07) is 7.75. The lowest BCUT2D eigenvalue weighted by Crippen LogP contribution is -2.14. The quantitative estimate of drug-likeness (QED) is 0.852. The molecule has 2 aromatic rings. The summed E-state index contributed by atoms with van der Waals surface area (Å²) in [5.41, 5.74) is 1.44. The number of aromatic carboxylic acids is 1. The summed E-state index contributed by atoms with van der Waals surface area (Å²) < 4.78 is 0. The average molecular weight is 291 g/mol. The molecular formula is C14H11ClN2O3. The SMILES string of the molecule is Cc1c(NC(=O)c2ccc(Cl)nc2)cccc1C(=O)O. The summed E-state index contributed by atoms with van der Waals surface area (Å²) in [7, 11) is 0. The average Bonchev–Trinajstić information content (AvgIpc) is 2.41. The molecule has 0 aliphatic carbocycles. The normalized spacial score (nSPS) is 10.1. The number of carboxylic acid groups (broad SMARTS) is 1. The van der Waals surface area contributed by atoms with Gasteiger partial charge in [0.25, 0.3) is 5.91 Å². The zero-order valence-corrected chi connectivity index (χ0v) is 11.3. The molecule has 0 radical (unpaired) electrons. The number of halogens is 1. The van der Waals surface area contributed by atoms with Crippen molar-refractivity contribution in [2.45, 2.75) is 6.92 Å². The number of nitrogens with one attached hydrogen (secondary N) is 1. The van der Waals surface area contributed by atoms with Crippen LogP contribution in [0.4, 0.5) is 5.69 Å².